The highest BCUT2D eigenvalue weighted by atomic mass is 127. The lowest BCUT2D eigenvalue weighted by atomic mass is 9.96. The zero-order valence-electron chi connectivity index (χ0n) is 13.6. The number of halogens is 3. The molecule has 1 aromatic carbocycles. The highest BCUT2D eigenvalue weighted by molar-refractivity contribution is 14.0. The first kappa shape index (κ1) is 20.7. The molecule has 1 aromatic rings. The Kier molecular flexibility index (Phi) is 9.09. The van der Waals surface area contributed by atoms with Crippen molar-refractivity contribution in [2.45, 2.75) is 51.3 Å². The largest absolute Gasteiger partial charge is 0.497 e. The Morgan fingerprint density at radius 3 is 2.67 bits per heavy atom. The number of nitrogens with one attached hydrogen (secondary N) is 1. The number of nitrogens with two attached hydrogens (primary N) is 1. The van der Waals surface area contributed by atoms with Crippen LogP contribution in [0.3, 0.4) is 0 Å². The molecule has 1 aliphatic carbocycles. The molecule has 0 aliphatic heterocycles. The van der Waals surface area contributed by atoms with Crippen LogP contribution in [-0.2, 0) is 6.54 Å². The van der Waals surface area contributed by atoms with Crippen LogP contribution < -0.4 is 20.5 Å². The Labute approximate surface area is 158 Å². The van der Waals surface area contributed by atoms with Gasteiger partial charge in [-0.05, 0) is 31.0 Å². The topological polar surface area (TPSA) is 68.9 Å². The molecule has 0 atom stereocenters. The molecule has 8 heteroatoms. The normalized spacial score (nSPS) is 15.8. The molecule has 1 saturated carbocycles. The van der Waals surface area contributed by atoms with Gasteiger partial charge in [0.05, 0.1) is 13.7 Å². The predicted octanol–water partition coefficient (Wildman–Crippen LogP) is 3.65. The molecule has 0 unspecified atom stereocenters. The van der Waals surface area contributed by atoms with E-state index in [0.717, 1.165) is 12.8 Å². The molecule has 0 spiro atoms. The van der Waals surface area contributed by atoms with E-state index in [9.17, 15) is 8.78 Å². The zero-order valence-corrected chi connectivity index (χ0v) is 16.0. The number of hydrogen-bond donors (Lipinski definition) is 2. The smallest absolute Gasteiger partial charge is 0.387 e. The van der Waals surface area contributed by atoms with Crippen LogP contribution in [0, 0.1) is 0 Å². The summed E-state index contributed by atoms with van der Waals surface area (Å²) in [6.45, 7) is -2.74. The molecule has 0 bridgehead atoms. The van der Waals surface area contributed by atoms with Gasteiger partial charge < -0.3 is 20.5 Å². The van der Waals surface area contributed by atoms with Crippen LogP contribution in [0.15, 0.2) is 23.2 Å². The maximum Gasteiger partial charge on any atom is 0.387 e. The van der Waals surface area contributed by atoms with E-state index in [1.807, 2.05) is 0 Å². The van der Waals surface area contributed by atoms with E-state index < -0.39 is 6.61 Å². The summed E-state index contributed by atoms with van der Waals surface area (Å²) in [5.74, 6) is 0.952. The fourth-order valence-corrected chi connectivity index (χ4v) is 2.69. The standard InChI is InChI=1S/C16H23F2N3O2.HI/c1-22-13-7-8-14(23-15(17)18)11(9-13)10-20-16(19)21-12-5-3-2-4-6-12;/h7-9,12,15H,2-6,10H2,1H3,(H3,19,20,21);1H. The van der Waals surface area contributed by atoms with Crippen molar-refractivity contribution in [3.63, 3.8) is 0 Å². The van der Waals surface area contributed by atoms with Gasteiger partial charge in [-0.15, -0.1) is 24.0 Å². The second kappa shape index (κ2) is 10.5. The third kappa shape index (κ3) is 6.66. The van der Waals surface area contributed by atoms with E-state index in [0.29, 0.717) is 23.3 Å². The van der Waals surface area contributed by atoms with Gasteiger partial charge in [-0.2, -0.15) is 8.78 Å². The number of guanidine groups is 1. The summed E-state index contributed by atoms with van der Waals surface area (Å²) in [6.07, 6.45) is 5.79. The van der Waals surface area contributed by atoms with Gasteiger partial charge in [0, 0.05) is 11.6 Å². The van der Waals surface area contributed by atoms with Crippen molar-refractivity contribution in [2.24, 2.45) is 10.7 Å². The number of ether oxygens (including phenoxy) is 2. The molecule has 5 nitrogen and oxygen atoms in total. The van der Waals surface area contributed by atoms with E-state index in [1.54, 1.807) is 12.1 Å². The predicted molar refractivity (Wildman–Crippen MR) is 100 cm³/mol. The molecule has 1 aliphatic rings. The Morgan fingerprint density at radius 2 is 2.04 bits per heavy atom. The summed E-state index contributed by atoms with van der Waals surface area (Å²) >= 11 is 0. The zero-order chi connectivity index (χ0) is 16.7. The minimum Gasteiger partial charge on any atom is -0.497 e. The highest BCUT2D eigenvalue weighted by Crippen LogP contribution is 2.26. The summed E-state index contributed by atoms with van der Waals surface area (Å²) < 4.78 is 34.5. The number of hydrogen-bond acceptors (Lipinski definition) is 3. The Balaban J connectivity index is 0.00000288. The number of nitrogens with zero attached hydrogens (tertiary/aromatic N) is 1. The Morgan fingerprint density at radius 1 is 1.33 bits per heavy atom. The molecule has 3 N–H and O–H groups in total. The van der Waals surface area contributed by atoms with E-state index >= 15 is 0 Å². The lowest BCUT2D eigenvalue weighted by molar-refractivity contribution is -0.0504. The summed E-state index contributed by atoms with van der Waals surface area (Å²) in [7, 11) is 1.51. The lowest BCUT2D eigenvalue weighted by Crippen LogP contribution is -2.41. The van der Waals surface area contributed by atoms with Gasteiger partial charge in [-0.25, -0.2) is 4.99 Å². The number of methoxy groups -OCH3 is 1. The van der Waals surface area contributed by atoms with Gasteiger partial charge in [-0.1, -0.05) is 19.3 Å². The number of aliphatic imine (C=N–C) groups is 1. The molecular formula is C16H24F2IN3O2. The lowest BCUT2D eigenvalue weighted by Gasteiger charge is -2.23. The first-order valence-electron chi connectivity index (χ1n) is 7.76. The second-order valence-corrected chi connectivity index (χ2v) is 5.53. The molecular weight excluding hydrogens is 431 g/mol. The highest BCUT2D eigenvalue weighted by Gasteiger charge is 2.14. The Bertz CT molecular complexity index is 538. The van der Waals surface area contributed by atoms with Crippen molar-refractivity contribution >= 4 is 29.9 Å². The number of alkyl halides is 2. The maximum atomic E-state index is 12.5. The van der Waals surface area contributed by atoms with E-state index in [4.69, 9.17) is 10.5 Å². The molecule has 0 saturated heterocycles. The van der Waals surface area contributed by atoms with Crippen molar-refractivity contribution in [1.29, 1.82) is 0 Å². The molecule has 136 valence electrons. The van der Waals surface area contributed by atoms with Gasteiger partial charge in [-0.3, -0.25) is 0 Å². The van der Waals surface area contributed by atoms with Crippen LogP contribution in [0.1, 0.15) is 37.7 Å². The second-order valence-electron chi connectivity index (χ2n) is 5.53. The first-order valence-corrected chi connectivity index (χ1v) is 7.76. The SMILES string of the molecule is COc1ccc(OC(F)F)c(CN=C(N)NC2CCCCC2)c1.I. The van der Waals surface area contributed by atoms with Crippen LogP contribution in [0.5, 0.6) is 11.5 Å². The van der Waals surface area contributed by atoms with E-state index in [1.165, 1.54) is 32.4 Å². The van der Waals surface area contributed by atoms with Crippen molar-refractivity contribution in [2.75, 3.05) is 7.11 Å². The summed E-state index contributed by atoms with van der Waals surface area (Å²) in [5.41, 5.74) is 6.39. The van der Waals surface area contributed by atoms with Gasteiger partial charge >= 0.3 is 6.61 Å². The third-order valence-corrected chi connectivity index (χ3v) is 3.86. The maximum absolute atomic E-state index is 12.5. The van der Waals surface area contributed by atoms with Gasteiger partial charge in [0.15, 0.2) is 5.96 Å². The first-order chi connectivity index (χ1) is 11.1. The molecule has 0 amide bonds. The molecule has 24 heavy (non-hydrogen) atoms. The quantitative estimate of drug-likeness (QED) is 0.391. The average molecular weight is 455 g/mol. The van der Waals surface area contributed by atoms with Crippen molar-refractivity contribution in [1.82, 2.24) is 5.32 Å². The molecule has 0 aromatic heterocycles. The average Bonchev–Trinajstić information content (AvgIpc) is 2.54. The molecule has 1 fully saturated rings. The van der Waals surface area contributed by atoms with Crippen LogP contribution in [0.4, 0.5) is 8.78 Å². The van der Waals surface area contributed by atoms with Gasteiger partial charge in [0.1, 0.15) is 11.5 Å². The molecule has 2 rings (SSSR count). The van der Waals surface area contributed by atoms with E-state index in [2.05, 4.69) is 15.0 Å². The van der Waals surface area contributed by atoms with Crippen LogP contribution >= 0.6 is 24.0 Å². The van der Waals surface area contributed by atoms with Crippen LogP contribution in [0.25, 0.3) is 0 Å². The summed E-state index contributed by atoms with van der Waals surface area (Å²) in [4.78, 5) is 4.23. The summed E-state index contributed by atoms with van der Waals surface area (Å²) in [6, 6.07) is 4.97. The number of rotatable bonds is 6. The molecule has 0 heterocycles. The Hall–Kier alpha value is -1.32. The fourth-order valence-electron chi connectivity index (χ4n) is 2.69. The monoisotopic (exact) mass is 455 g/mol. The number of benzene rings is 1. The van der Waals surface area contributed by atoms with Gasteiger partial charge in [0.25, 0.3) is 0 Å². The minimum atomic E-state index is -2.89. The van der Waals surface area contributed by atoms with Crippen molar-refractivity contribution in [3.05, 3.63) is 23.8 Å². The fraction of sp³-hybridized carbons (Fsp3) is 0.562. The minimum absolute atomic E-state index is 0. The third-order valence-electron chi connectivity index (χ3n) is 3.86. The van der Waals surface area contributed by atoms with Crippen molar-refractivity contribution < 1.29 is 18.3 Å². The van der Waals surface area contributed by atoms with Crippen LogP contribution in [0.2, 0.25) is 0 Å². The summed E-state index contributed by atoms with van der Waals surface area (Å²) in [5, 5.41) is 3.19. The molecule has 0 radical (unpaired) electrons. The van der Waals surface area contributed by atoms with Crippen molar-refractivity contribution in [3.8, 4) is 11.5 Å². The van der Waals surface area contributed by atoms with Gasteiger partial charge in [0.2, 0.25) is 0 Å². The van der Waals surface area contributed by atoms with Crippen LogP contribution in [-0.4, -0.2) is 25.7 Å². The van der Waals surface area contributed by atoms with E-state index in [-0.39, 0.29) is 36.3 Å².